The Morgan fingerprint density at radius 1 is 0.130 bits per heavy atom. The molecule has 108 heavy (non-hydrogen) atoms. The molecule has 4 nitrogen and oxygen atoms in total. The van der Waals surface area contributed by atoms with Crippen molar-refractivity contribution in [2.24, 2.45) is 20.0 Å². The lowest BCUT2D eigenvalue weighted by molar-refractivity contribution is 1.55. The molecule has 0 saturated carbocycles. The zero-order chi connectivity index (χ0) is 73.3. The summed E-state index contributed by atoms with van der Waals surface area (Å²) in [5, 5.41) is 15.8. The van der Waals surface area contributed by atoms with E-state index in [1.165, 1.54) is 63.7 Å². The van der Waals surface area contributed by atoms with Gasteiger partial charge in [-0.05, 0) is 121 Å². The predicted octanol–water partition coefficient (Wildman–Crippen LogP) is 20.8. The Morgan fingerprint density at radius 2 is 0.250 bits per heavy atom. The second-order valence-electron chi connectivity index (χ2n) is 24.7. The van der Waals surface area contributed by atoms with Crippen LogP contribution in [0.1, 0.15) is 22.3 Å². The lowest BCUT2D eigenvalue weighted by Crippen LogP contribution is -2.20. The van der Waals surface area contributed by atoms with Crippen LogP contribution in [0.25, 0.3) is 0 Å². The van der Waals surface area contributed by atoms with Crippen molar-refractivity contribution in [3.05, 3.63) is 483 Å². The highest BCUT2D eigenvalue weighted by Gasteiger charge is 2.23. The molecule has 16 aromatic carbocycles. The molecule has 520 valence electrons. The van der Waals surface area contributed by atoms with Gasteiger partial charge in [0.1, 0.15) is 0 Å². The lowest BCUT2D eigenvalue weighted by atomic mass is 10.2. The minimum absolute atomic E-state index is 0.661. The standard InChI is InChI=1S/4C25H20NP/c4*1-4-12-21(13-5-1)20-26-24-18-10-11-19-25(24)27(22-14-6-2-7-15-22)23-16-8-3-9-17-23/h4*1-20H. The molecule has 8 heteroatoms. The third-order valence-corrected chi connectivity index (χ3v) is 27.2. The average molecular weight is 1460 g/mol. The molecule has 0 N–H and O–H groups in total. The van der Waals surface area contributed by atoms with E-state index in [9.17, 15) is 0 Å². The fourth-order valence-corrected chi connectivity index (χ4v) is 21.7. The molecule has 0 aliphatic carbocycles. The van der Waals surface area contributed by atoms with Gasteiger partial charge in [0.05, 0.1) is 22.7 Å². The highest BCUT2D eigenvalue weighted by Crippen LogP contribution is 2.40. The van der Waals surface area contributed by atoms with E-state index in [4.69, 9.17) is 20.0 Å². The van der Waals surface area contributed by atoms with E-state index in [0.717, 1.165) is 45.0 Å². The van der Waals surface area contributed by atoms with Crippen LogP contribution in [0.4, 0.5) is 22.7 Å². The monoisotopic (exact) mass is 1460 g/mol. The zero-order valence-electron chi connectivity index (χ0n) is 59.8. The largest absolute Gasteiger partial charge is 0.256 e. The van der Waals surface area contributed by atoms with Crippen molar-refractivity contribution >= 4 is 143 Å². The van der Waals surface area contributed by atoms with E-state index in [0.29, 0.717) is 0 Å². The Morgan fingerprint density at radius 3 is 0.398 bits per heavy atom. The van der Waals surface area contributed by atoms with Crippen molar-refractivity contribution in [3.8, 4) is 0 Å². The summed E-state index contributed by atoms with van der Waals surface area (Å²) < 4.78 is 0. The molecule has 0 saturated heterocycles. The van der Waals surface area contributed by atoms with Crippen LogP contribution in [-0.2, 0) is 0 Å². The summed E-state index contributed by atoms with van der Waals surface area (Å²) in [6, 6.07) is 161. The number of para-hydroxylation sites is 4. The summed E-state index contributed by atoms with van der Waals surface area (Å²) >= 11 is 0. The molecule has 0 aliphatic heterocycles. The number of nitrogens with zero attached hydrogens (tertiary/aromatic N) is 4. The molecule has 16 aromatic rings. The summed E-state index contributed by atoms with van der Waals surface area (Å²) in [4.78, 5) is 19.4. The summed E-state index contributed by atoms with van der Waals surface area (Å²) in [5.74, 6) is 0. The van der Waals surface area contributed by atoms with Gasteiger partial charge in [0.2, 0.25) is 0 Å². The highest BCUT2D eigenvalue weighted by molar-refractivity contribution is 7.81. The van der Waals surface area contributed by atoms with Gasteiger partial charge in [0.25, 0.3) is 0 Å². The van der Waals surface area contributed by atoms with Crippen LogP contribution >= 0.6 is 31.7 Å². The van der Waals surface area contributed by atoms with Gasteiger partial charge in [-0.15, -0.1) is 0 Å². The number of hydrogen-bond acceptors (Lipinski definition) is 4. The average Bonchev–Trinajstić information content (AvgIpc) is 0.826. The zero-order valence-corrected chi connectivity index (χ0v) is 63.3. The van der Waals surface area contributed by atoms with E-state index in [2.05, 4.69) is 388 Å². The van der Waals surface area contributed by atoms with E-state index in [1.807, 2.05) is 97.7 Å². The maximum Gasteiger partial charge on any atom is 0.0713 e. The Bertz CT molecular complexity index is 4580. The SMILES string of the molecule is C(=Nc1ccccc1P(c1ccccc1)c1ccccc1)c1ccccc1.C(=Nc1ccccc1P(c1ccccc1)c1ccccc1)c1ccccc1.C(=Nc1ccccc1P(c1ccccc1)c1ccccc1)c1ccccc1.C(=Nc1ccccc1P(c1ccccc1)c1ccccc1)c1ccccc1. The van der Waals surface area contributed by atoms with Gasteiger partial charge in [-0.1, -0.05) is 437 Å². The Balaban J connectivity index is 0.000000127. The van der Waals surface area contributed by atoms with E-state index in [1.54, 1.807) is 0 Å². The summed E-state index contributed by atoms with van der Waals surface area (Å²) in [6.07, 6.45) is 7.79. The number of rotatable bonds is 20. The molecule has 0 bridgehead atoms. The maximum absolute atomic E-state index is 4.84. The smallest absolute Gasteiger partial charge is 0.0713 e. The Kier molecular flexibility index (Phi) is 27.8. The van der Waals surface area contributed by atoms with Gasteiger partial charge in [-0.2, -0.15) is 0 Å². The van der Waals surface area contributed by atoms with Crippen LogP contribution in [0.2, 0.25) is 0 Å². The van der Waals surface area contributed by atoms with Gasteiger partial charge < -0.3 is 0 Å². The fourth-order valence-electron chi connectivity index (χ4n) is 12.1. The van der Waals surface area contributed by atoms with E-state index < -0.39 is 31.7 Å². The third kappa shape index (κ3) is 21.1. The maximum atomic E-state index is 4.84. The number of hydrogen-bond donors (Lipinski definition) is 0. The molecule has 0 amide bonds. The molecule has 0 aliphatic rings. The van der Waals surface area contributed by atoms with Crippen LogP contribution in [-0.4, -0.2) is 24.9 Å². The minimum atomic E-state index is -0.661. The van der Waals surface area contributed by atoms with Gasteiger partial charge in [0.15, 0.2) is 0 Å². The molecule has 0 heterocycles. The first-order chi connectivity index (χ1) is 53.7. The first-order valence-corrected chi connectivity index (χ1v) is 41.4. The molecule has 0 atom stereocenters. The van der Waals surface area contributed by atoms with Crippen LogP contribution in [0.3, 0.4) is 0 Å². The van der Waals surface area contributed by atoms with Crippen LogP contribution in [0.5, 0.6) is 0 Å². The first-order valence-electron chi connectivity index (χ1n) is 36.0. The highest BCUT2D eigenvalue weighted by atomic mass is 31.1. The van der Waals surface area contributed by atoms with Gasteiger partial charge in [-0.3, -0.25) is 20.0 Å². The van der Waals surface area contributed by atoms with Crippen molar-refractivity contribution in [2.75, 3.05) is 0 Å². The number of benzene rings is 16. The Hall–Kier alpha value is -12.1. The minimum Gasteiger partial charge on any atom is -0.256 e. The second kappa shape index (κ2) is 40.4. The van der Waals surface area contributed by atoms with Crippen molar-refractivity contribution in [1.29, 1.82) is 0 Å². The second-order valence-corrected chi connectivity index (χ2v) is 33.4. The molecular formula is C100H80N4P4. The summed E-state index contributed by atoms with van der Waals surface area (Å²) in [6.45, 7) is 0. The predicted molar refractivity (Wildman–Crippen MR) is 475 cm³/mol. The van der Waals surface area contributed by atoms with Crippen molar-refractivity contribution in [1.82, 2.24) is 0 Å². The van der Waals surface area contributed by atoms with Crippen LogP contribution in [0, 0.1) is 0 Å². The summed E-state index contributed by atoms with van der Waals surface area (Å²) in [5.41, 5.74) is 8.54. The van der Waals surface area contributed by atoms with Gasteiger partial charge in [-0.25, -0.2) is 0 Å². The lowest BCUT2D eigenvalue weighted by Gasteiger charge is -2.20. The van der Waals surface area contributed by atoms with Crippen molar-refractivity contribution < 1.29 is 0 Å². The molecule has 16 rings (SSSR count). The molecular weight excluding hydrogens is 1380 g/mol. The molecule has 0 radical (unpaired) electrons. The van der Waals surface area contributed by atoms with Crippen LogP contribution in [0.15, 0.2) is 481 Å². The van der Waals surface area contributed by atoms with Crippen LogP contribution < -0.4 is 63.7 Å². The van der Waals surface area contributed by atoms with Crippen molar-refractivity contribution in [2.45, 2.75) is 0 Å². The molecule has 0 unspecified atom stereocenters. The fraction of sp³-hybridized carbons (Fsp3) is 0. The first kappa shape index (κ1) is 74.2. The topological polar surface area (TPSA) is 49.4 Å². The quantitative estimate of drug-likeness (QED) is 0.0539. The molecule has 0 fully saturated rings. The van der Waals surface area contributed by atoms with E-state index in [-0.39, 0.29) is 0 Å². The third-order valence-electron chi connectivity index (χ3n) is 17.2. The summed E-state index contributed by atoms with van der Waals surface area (Å²) in [7, 11) is -2.64. The molecule has 0 aromatic heterocycles. The van der Waals surface area contributed by atoms with Gasteiger partial charge >= 0.3 is 0 Å². The molecule has 0 spiro atoms. The van der Waals surface area contributed by atoms with E-state index >= 15 is 0 Å². The van der Waals surface area contributed by atoms with Crippen molar-refractivity contribution in [3.63, 3.8) is 0 Å². The normalized spacial score (nSPS) is 11.1. The Labute approximate surface area is 641 Å². The number of aliphatic imine (C=N–C) groups is 4. The van der Waals surface area contributed by atoms with Gasteiger partial charge in [0, 0.05) is 46.1 Å².